The van der Waals surface area contributed by atoms with Gasteiger partial charge in [-0.1, -0.05) is 11.3 Å². The lowest BCUT2D eigenvalue weighted by atomic mass is 10.0. The van der Waals surface area contributed by atoms with Gasteiger partial charge in [-0.15, -0.1) is 11.3 Å². The van der Waals surface area contributed by atoms with E-state index >= 15 is 0 Å². The van der Waals surface area contributed by atoms with E-state index in [4.69, 9.17) is 0 Å². The van der Waals surface area contributed by atoms with Crippen LogP contribution in [0.2, 0.25) is 0 Å². The molecule has 0 spiro atoms. The molecular formula is C10H7N3S2. The van der Waals surface area contributed by atoms with Crippen molar-refractivity contribution in [2.24, 2.45) is 0 Å². The second kappa shape index (κ2) is 2.68. The SMILES string of the molecule is c1cc2c(s1)CCc1c-2nc2scnn12. The number of fused-ring (bicyclic) bond motifs is 5. The summed E-state index contributed by atoms with van der Waals surface area (Å²) in [5.74, 6) is 0. The van der Waals surface area contributed by atoms with Crippen molar-refractivity contribution in [2.75, 3.05) is 0 Å². The fourth-order valence-corrected chi connectivity index (χ4v) is 3.67. The molecule has 4 rings (SSSR count). The number of nitrogens with zero attached hydrogens (tertiary/aromatic N) is 3. The quantitative estimate of drug-likeness (QED) is 0.597. The van der Waals surface area contributed by atoms with Crippen molar-refractivity contribution >= 4 is 27.6 Å². The van der Waals surface area contributed by atoms with Gasteiger partial charge >= 0.3 is 0 Å². The Hall–Kier alpha value is -1.20. The summed E-state index contributed by atoms with van der Waals surface area (Å²) >= 11 is 3.44. The molecule has 3 aromatic heterocycles. The lowest BCUT2D eigenvalue weighted by Crippen LogP contribution is -2.03. The maximum absolute atomic E-state index is 4.65. The molecule has 0 amide bonds. The average molecular weight is 233 g/mol. The van der Waals surface area contributed by atoms with E-state index in [0.717, 1.165) is 23.5 Å². The third-order valence-corrected chi connectivity index (χ3v) is 4.48. The van der Waals surface area contributed by atoms with Crippen LogP contribution in [0.25, 0.3) is 16.2 Å². The second-order valence-electron chi connectivity index (χ2n) is 3.60. The summed E-state index contributed by atoms with van der Waals surface area (Å²) < 4.78 is 1.99. The molecule has 0 radical (unpaired) electrons. The molecule has 0 saturated carbocycles. The van der Waals surface area contributed by atoms with Crippen LogP contribution in [0.15, 0.2) is 17.0 Å². The highest BCUT2D eigenvalue weighted by molar-refractivity contribution is 7.14. The van der Waals surface area contributed by atoms with E-state index in [0.29, 0.717) is 0 Å². The molecule has 5 heteroatoms. The molecule has 74 valence electrons. The van der Waals surface area contributed by atoms with Crippen molar-refractivity contribution in [2.45, 2.75) is 12.8 Å². The van der Waals surface area contributed by atoms with Crippen LogP contribution < -0.4 is 0 Å². The molecule has 3 nitrogen and oxygen atoms in total. The summed E-state index contributed by atoms with van der Waals surface area (Å²) in [5, 5.41) is 6.48. The third kappa shape index (κ3) is 0.943. The van der Waals surface area contributed by atoms with Crippen LogP contribution in [0.5, 0.6) is 0 Å². The highest BCUT2D eigenvalue weighted by Crippen LogP contribution is 2.36. The minimum atomic E-state index is 1.01. The highest BCUT2D eigenvalue weighted by atomic mass is 32.1. The monoisotopic (exact) mass is 233 g/mol. The average Bonchev–Trinajstić information content (AvgIpc) is 2.90. The van der Waals surface area contributed by atoms with Crippen molar-refractivity contribution < 1.29 is 0 Å². The van der Waals surface area contributed by atoms with E-state index in [2.05, 4.69) is 21.5 Å². The summed E-state index contributed by atoms with van der Waals surface area (Å²) in [6, 6.07) is 2.18. The van der Waals surface area contributed by atoms with Crippen molar-refractivity contribution in [3.05, 3.63) is 27.5 Å². The molecule has 1 aliphatic rings. The normalized spacial score (nSPS) is 14.1. The summed E-state index contributed by atoms with van der Waals surface area (Å²) in [6.45, 7) is 0. The number of aromatic nitrogens is 3. The number of hydrogen-bond acceptors (Lipinski definition) is 4. The Morgan fingerprint density at radius 2 is 2.27 bits per heavy atom. The van der Waals surface area contributed by atoms with Crippen LogP contribution in [0, 0.1) is 0 Å². The zero-order valence-electron chi connectivity index (χ0n) is 7.80. The number of thiophene rings is 1. The maximum Gasteiger partial charge on any atom is 0.212 e. The summed E-state index contributed by atoms with van der Waals surface area (Å²) in [5.41, 5.74) is 5.60. The lowest BCUT2D eigenvalue weighted by Gasteiger charge is -2.10. The molecule has 0 aromatic carbocycles. The molecule has 0 aliphatic heterocycles. The van der Waals surface area contributed by atoms with Crippen molar-refractivity contribution in [1.29, 1.82) is 0 Å². The number of rotatable bonds is 0. The third-order valence-electron chi connectivity index (χ3n) is 2.83. The van der Waals surface area contributed by atoms with Gasteiger partial charge in [0.15, 0.2) is 0 Å². The number of hydrogen-bond donors (Lipinski definition) is 0. The summed E-state index contributed by atoms with van der Waals surface area (Å²) in [4.78, 5) is 7.13. The van der Waals surface area contributed by atoms with Gasteiger partial charge in [-0.05, 0) is 24.3 Å². The first kappa shape index (κ1) is 8.01. The van der Waals surface area contributed by atoms with E-state index in [1.54, 1.807) is 11.3 Å². The van der Waals surface area contributed by atoms with Gasteiger partial charge < -0.3 is 0 Å². The smallest absolute Gasteiger partial charge is 0.212 e. The fourth-order valence-electron chi connectivity index (χ4n) is 2.15. The van der Waals surface area contributed by atoms with Gasteiger partial charge in [-0.3, -0.25) is 0 Å². The van der Waals surface area contributed by atoms with Gasteiger partial charge in [0.1, 0.15) is 5.51 Å². The van der Waals surface area contributed by atoms with E-state index in [1.807, 2.05) is 21.4 Å². The Balaban J connectivity index is 2.14. The molecule has 0 saturated heterocycles. The predicted octanol–water partition coefficient (Wildman–Crippen LogP) is 2.62. The molecular weight excluding hydrogens is 226 g/mol. The number of aryl methyl sites for hydroxylation is 2. The van der Waals surface area contributed by atoms with Gasteiger partial charge in [0.05, 0.1) is 11.4 Å². The molecule has 0 unspecified atom stereocenters. The highest BCUT2D eigenvalue weighted by Gasteiger charge is 2.23. The summed E-state index contributed by atoms with van der Waals surface area (Å²) in [6.07, 6.45) is 2.19. The largest absolute Gasteiger partial charge is 0.217 e. The van der Waals surface area contributed by atoms with Gasteiger partial charge in [-0.2, -0.15) is 5.10 Å². The van der Waals surface area contributed by atoms with Gasteiger partial charge in [-0.25, -0.2) is 9.50 Å². The van der Waals surface area contributed by atoms with Crippen LogP contribution >= 0.6 is 22.7 Å². The molecule has 1 aliphatic carbocycles. The van der Waals surface area contributed by atoms with Crippen molar-refractivity contribution in [1.82, 2.24) is 14.6 Å². The van der Waals surface area contributed by atoms with Crippen molar-refractivity contribution in [3.8, 4) is 11.3 Å². The molecule has 0 N–H and O–H groups in total. The summed E-state index contributed by atoms with van der Waals surface area (Å²) in [7, 11) is 0. The Morgan fingerprint density at radius 3 is 3.27 bits per heavy atom. The second-order valence-corrected chi connectivity index (χ2v) is 5.41. The van der Waals surface area contributed by atoms with E-state index in [1.165, 1.54) is 16.1 Å². The van der Waals surface area contributed by atoms with Crippen molar-refractivity contribution in [3.63, 3.8) is 0 Å². The molecule has 15 heavy (non-hydrogen) atoms. The first-order valence-corrected chi connectivity index (χ1v) is 6.57. The number of imidazole rings is 1. The molecule has 0 fully saturated rings. The molecule has 0 atom stereocenters. The zero-order chi connectivity index (χ0) is 9.83. The molecule has 3 aromatic rings. The molecule has 0 bridgehead atoms. The predicted molar refractivity (Wildman–Crippen MR) is 61.6 cm³/mol. The van der Waals surface area contributed by atoms with Gasteiger partial charge in [0.25, 0.3) is 0 Å². The van der Waals surface area contributed by atoms with Gasteiger partial charge in [0, 0.05) is 10.4 Å². The maximum atomic E-state index is 4.65. The Morgan fingerprint density at radius 1 is 1.27 bits per heavy atom. The van der Waals surface area contributed by atoms with Crippen LogP contribution in [-0.4, -0.2) is 14.6 Å². The molecule has 3 heterocycles. The van der Waals surface area contributed by atoms with Crippen LogP contribution in [0.3, 0.4) is 0 Å². The Kier molecular flexibility index (Phi) is 1.43. The van der Waals surface area contributed by atoms with E-state index < -0.39 is 0 Å². The standard InChI is InChI=1S/C10H7N3S2/c1-2-8-6(3-4-14-8)9-7(1)13-10(12-9)15-5-11-13/h3-5H,1-2H2. The fraction of sp³-hybridized carbons (Fsp3) is 0.200. The minimum Gasteiger partial charge on any atom is -0.217 e. The van der Waals surface area contributed by atoms with Crippen LogP contribution in [0.1, 0.15) is 10.6 Å². The Bertz CT molecular complexity index is 647. The van der Waals surface area contributed by atoms with Crippen LogP contribution in [-0.2, 0) is 12.8 Å². The topological polar surface area (TPSA) is 30.2 Å². The van der Waals surface area contributed by atoms with Crippen LogP contribution in [0.4, 0.5) is 0 Å². The zero-order valence-corrected chi connectivity index (χ0v) is 9.44. The van der Waals surface area contributed by atoms with E-state index in [-0.39, 0.29) is 0 Å². The first-order chi connectivity index (χ1) is 7.43. The van der Waals surface area contributed by atoms with E-state index in [9.17, 15) is 0 Å². The Labute approximate surface area is 94.0 Å². The lowest BCUT2D eigenvalue weighted by molar-refractivity contribution is 0.833. The van der Waals surface area contributed by atoms with Gasteiger partial charge in [0.2, 0.25) is 4.96 Å². The first-order valence-electron chi connectivity index (χ1n) is 4.81. The minimum absolute atomic E-state index is 1.01.